The minimum Gasteiger partial charge on any atom is -0.493 e. The van der Waals surface area contributed by atoms with Crippen LogP contribution in [-0.2, 0) is 0 Å². The lowest BCUT2D eigenvalue weighted by Crippen LogP contribution is -1.91. The number of methoxy groups -OCH3 is 1. The molecule has 0 amide bonds. The van der Waals surface area contributed by atoms with Crippen molar-refractivity contribution >= 4 is 34.8 Å². The lowest BCUT2D eigenvalue weighted by molar-refractivity contribution is 0.415. The fourth-order valence-corrected chi connectivity index (χ4v) is 2.18. The highest BCUT2D eigenvalue weighted by Crippen LogP contribution is 2.40. The van der Waals surface area contributed by atoms with E-state index in [1.807, 2.05) is 12.1 Å². The molecule has 88 valence electrons. The summed E-state index contributed by atoms with van der Waals surface area (Å²) in [5.74, 6) is 0.485. The number of hydrogen-bond donors (Lipinski definition) is 0. The first-order valence-electron chi connectivity index (χ1n) is 4.78. The Balaban J connectivity index is 2.68. The Bertz CT molecular complexity index is 557. The SMILES string of the molecule is COc1c(-c2cccc(Cl)c2Cl)ccnc1Cl. The van der Waals surface area contributed by atoms with Crippen LogP contribution in [0.3, 0.4) is 0 Å². The van der Waals surface area contributed by atoms with Crippen molar-refractivity contribution in [2.45, 2.75) is 0 Å². The van der Waals surface area contributed by atoms with Crippen molar-refractivity contribution in [2.75, 3.05) is 7.11 Å². The second-order valence-corrected chi connectivity index (χ2v) is 4.43. The molecule has 2 aromatic rings. The van der Waals surface area contributed by atoms with Crippen LogP contribution in [-0.4, -0.2) is 12.1 Å². The maximum absolute atomic E-state index is 6.16. The van der Waals surface area contributed by atoms with E-state index in [1.54, 1.807) is 18.3 Å². The van der Waals surface area contributed by atoms with Gasteiger partial charge in [-0.1, -0.05) is 46.9 Å². The number of pyridine rings is 1. The first-order chi connectivity index (χ1) is 8.15. The van der Waals surface area contributed by atoms with E-state index in [1.165, 1.54) is 7.11 Å². The van der Waals surface area contributed by atoms with Crippen molar-refractivity contribution < 1.29 is 4.74 Å². The smallest absolute Gasteiger partial charge is 0.171 e. The Kier molecular flexibility index (Phi) is 3.77. The van der Waals surface area contributed by atoms with Gasteiger partial charge in [0.15, 0.2) is 10.9 Å². The molecule has 0 aliphatic carbocycles. The molecule has 0 spiro atoms. The van der Waals surface area contributed by atoms with Crippen LogP contribution in [0.5, 0.6) is 5.75 Å². The Morgan fingerprint density at radius 2 is 1.82 bits per heavy atom. The minimum absolute atomic E-state index is 0.293. The average molecular weight is 289 g/mol. The van der Waals surface area contributed by atoms with Crippen LogP contribution in [0.1, 0.15) is 0 Å². The molecule has 0 aliphatic rings. The highest BCUT2D eigenvalue weighted by molar-refractivity contribution is 6.43. The van der Waals surface area contributed by atoms with E-state index >= 15 is 0 Å². The first kappa shape index (κ1) is 12.5. The summed E-state index contributed by atoms with van der Waals surface area (Å²) in [6, 6.07) is 7.17. The molecule has 0 N–H and O–H groups in total. The van der Waals surface area contributed by atoms with Gasteiger partial charge in [-0.15, -0.1) is 0 Å². The molecule has 0 fully saturated rings. The van der Waals surface area contributed by atoms with E-state index in [0.29, 0.717) is 20.9 Å². The Morgan fingerprint density at radius 3 is 2.53 bits per heavy atom. The van der Waals surface area contributed by atoms with Crippen LogP contribution in [0.2, 0.25) is 15.2 Å². The Hall–Kier alpha value is -0.960. The topological polar surface area (TPSA) is 22.1 Å². The van der Waals surface area contributed by atoms with Crippen LogP contribution in [0.15, 0.2) is 30.5 Å². The van der Waals surface area contributed by atoms with E-state index in [2.05, 4.69) is 4.98 Å². The summed E-state index contributed by atoms with van der Waals surface area (Å²) in [6.07, 6.45) is 1.59. The zero-order chi connectivity index (χ0) is 12.4. The van der Waals surface area contributed by atoms with Gasteiger partial charge in [-0.25, -0.2) is 4.98 Å². The number of ether oxygens (including phenoxy) is 1. The average Bonchev–Trinajstić information content (AvgIpc) is 2.32. The third-order valence-corrected chi connectivity index (χ3v) is 3.40. The van der Waals surface area contributed by atoms with E-state index in [0.717, 1.165) is 11.1 Å². The summed E-state index contributed by atoms with van der Waals surface area (Å²) in [6.45, 7) is 0. The summed E-state index contributed by atoms with van der Waals surface area (Å²) in [7, 11) is 1.53. The number of benzene rings is 1. The van der Waals surface area contributed by atoms with Crippen LogP contribution in [0, 0.1) is 0 Å². The zero-order valence-corrected chi connectivity index (χ0v) is 11.1. The molecule has 2 rings (SSSR count). The molecule has 1 aromatic carbocycles. The van der Waals surface area contributed by atoms with Crippen molar-refractivity contribution in [3.05, 3.63) is 45.7 Å². The normalized spacial score (nSPS) is 10.4. The summed E-state index contributed by atoms with van der Waals surface area (Å²) >= 11 is 18.1. The fourth-order valence-electron chi connectivity index (χ4n) is 1.54. The number of hydrogen-bond acceptors (Lipinski definition) is 2. The molecule has 1 aromatic heterocycles. The minimum atomic E-state index is 0.293. The molecule has 0 aliphatic heterocycles. The second kappa shape index (κ2) is 5.13. The molecule has 2 nitrogen and oxygen atoms in total. The first-order valence-corrected chi connectivity index (χ1v) is 5.91. The second-order valence-electron chi connectivity index (χ2n) is 3.28. The molecule has 0 saturated carbocycles. The molecular weight excluding hydrogens is 280 g/mol. The maximum atomic E-state index is 6.16. The monoisotopic (exact) mass is 287 g/mol. The predicted molar refractivity (Wildman–Crippen MR) is 71.3 cm³/mol. The van der Waals surface area contributed by atoms with E-state index < -0.39 is 0 Å². The molecular formula is C12H8Cl3NO. The number of nitrogens with zero attached hydrogens (tertiary/aromatic N) is 1. The van der Waals surface area contributed by atoms with Crippen LogP contribution >= 0.6 is 34.8 Å². The van der Waals surface area contributed by atoms with Crippen LogP contribution in [0.25, 0.3) is 11.1 Å². The molecule has 0 unspecified atom stereocenters. The third-order valence-electron chi connectivity index (χ3n) is 2.31. The largest absolute Gasteiger partial charge is 0.493 e. The molecule has 0 saturated heterocycles. The lowest BCUT2D eigenvalue weighted by atomic mass is 10.1. The van der Waals surface area contributed by atoms with Gasteiger partial charge in [-0.2, -0.15) is 0 Å². The summed E-state index contributed by atoms with van der Waals surface area (Å²) in [5.41, 5.74) is 1.53. The summed E-state index contributed by atoms with van der Waals surface area (Å²) in [5, 5.41) is 1.25. The van der Waals surface area contributed by atoms with Gasteiger partial charge in [-0.05, 0) is 12.1 Å². The Morgan fingerprint density at radius 1 is 1.06 bits per heavy atom. The van der Waals surface area contributed by atoms with Gasteiger partial charge >= 0.3 is 0 Å². The van der Waals surface area contributed by atoms with Gasteiger partial charge in [0, 0.05) is 17.3 Å². The molecule has 0 bridgehead atoms. The molecule has 1 heterocycles. The highest BCUT2D eigenvalue weighted by atomic mass is 35.5. The molecule has 0 radical (unpaired) electrons. The molecule has 17 heavy (non-hydrogen) atoms. The number of rotatable bonds is 2. The van der Waals surface area contributed by atoms with Crippen LogP contribution < -0.4 is 4.74 Å². The lowest BCUT2D eigenvalue weighted by Gasteiger charge is -2.11. The van der Waals surface area contributed by atoms with Gasteiger partial charge in [0.05, 0.1) is 17.2 Å². The maximum Gasteiger partial charge on any atom is 0.171 e. The third kappa shape index (κ3) is 2.34. The summed E-state index contributed by atoms with van der Waals surface area (Å²) < 4.78 is 5.23. The molecule has 5 heteroatoms. The van der Waals surface area contributed by atoms with Crippen molar-refractivity contribution in [2.24, 2.45) is 0 Å². The van der Waals surface area contributed by atoms with Crippen molar-refractivity contribution in [1.29, 1.82) is 0 Å². The van der Waals surface area contributed by atoms with Gasteiger partial charge in [0.25, 0.3) is 0 Å². The van der Waals surface area contributed by atoms with Crippen molar-refractivity contribution in [3.63, 3.8) is 0 Å². The van der Waals surface area contributed by atoms with Crippen LogP contribution in [0.4, 0.5) is 0 Å². The number of halogens is 3. The highest BCUT2D eigenvalue weighted by Gasteiger charge is 2.14. The zero-order valence-electron chi connectivity index (χ0n) is 8.88. The summed E-state index contributed by atoms with van der Waals surface area (Å²) in [4.78, 5) is 3.95. The van der Waals surface area contributed by atoms with Gasteiger partial charge in [-0.3, -0.25) is 0 Å². The molecule has 0 atom stereocenters. The standard InChI is InChI=1S/C12H8Cl3NO/c1-17-11-8(5-6-16-12(11)15)7-3-2-4-9(13)10(7)14/h2-6H,1H3. The van der Waals surface area contributed by atoms with Crippen molar-refractivity contribution in [1.82, 2.24) is 4.98 Å². The van der Waals surface area contributed by atoms with Crippen molar-refractivity contribution in [3.8, 4) is 16.9 Å². The number of aromatic nitrogens is 1. The quantitative estimate of drug-likeness (QED) is 0.746. The van der Waals surface area contributed by atoms with Gasteiger partial charge in [0.1, 0.15) is 0 Å². The van der Waals surface area contributed by atoms with E-state index in [-0.39, 0.29) is 0 Å². The van der Waals surface area contributed by atoms with E-state index in [4.69, 9.17) is 39.5 Å². The van der Waals surface area contributed by atoms with E-state index in [9.17, 15) is 0 Å². The van der Waals surface area contributed by atoms with Gasteiger partial charge in [0.2, 0.25) is 0 Å². The Labute approximate surface area is 114 Å². The fraction of sp³-hybridized carbons (Fsp3) is 0.0833. The van der Waals surface area contributed by atoms with Gasteiger partial charge < -0.3 is 4.74 Å². The predicted octanol–water partition coefficient (Wildman–Crippen LogP) is 4.72.